The van der Waals surface area contributed by atoms with E-state index in [1.807, 2.05) is 0 Å². The zero-order valence-electron chi connectivity index (χ0n) is 7.86. The van der Waals surface area contributed by atoms with Crippen molar-refractivity contribution < 1.29 is 20.4 Å². The van der Waals surface area contributed by atoms with Gasteiger partial charge in [-0.05, 0) is 33.2 Å². The molecular formula is C9H18NPdS-. The molecule has 1 aliphatic rings. The largest absolute Gasteiger partial charge is 0.793 e. The average Bonchev–Trinajstić information content (AvgIpc) is 2.36. The van der Waals surface area contributed by atoms with Crippen LogP contribution in [-0.4, -0.2) is 29.3 Å². The summed E-state index contributed by atoms with van der Waals surface area (Å²) >= 11 is 5.00. The predicted molar refractivity (Wildman–Crippen MR) is 51.7 cm³/mol. The van der Waals surface area contributed by atoms with Crippen LogP contribution in [0.5, 0.6) is 0 Å². The normalized spacial score (nSPS) is 24.5. The van der Waals surface area contributed by atoms with Gasteiger partial charge in [0, 0.05) is 32.5 Å². The van der Waals surface area contributed by atoms with Crippen molar-refractivity contribution in [3.05, 3.63) is 0 Å². The molecule has 12 heavy (non-hydrogen) atoms. The molecule has 0 aromatic carbocycles. The van der Waals surface area contributed by atoms with Gasteiger partial charge in [-0.2, -0.15) is 5.75 Å². The van der Waals surface area contributed by atoms with Gasteiger partial charge in [0.25, 0.3) is 0 Å². The Morgan fingerprint density at radius 3 is 2.67 bits per heavy atom. The number of likely N-dealkylation sites (tertiary alicyclic amines) is 1. The molecule has 1 nitrogen and oxygen atoms in total. The fourth-order valence-corrected chi connectivity index (χ4v) is 2.26. The SMILES string of the molecule is CC(C)N1CCCC1CC[S-].[Pd]. The van der Waals surface area contributed by atoms with Crippen LogP contribution >= 0.6 is 0 Å². The van der Waals surface area contributed by atoms with Crippen LogP contribution in [0.4, 0.5) is 0 Å². The van der Waals surface area contributed by atoms with Gasteiger partial charge in [0.15, 0.2) is 0 Å². The van der Waals surface area contributed by atoms with E-state index in [1.165, 1.54) is 25.8 Å². The van der Waals surface area contributed by atoms with Gasteiger partial charge in [-0.15, -0.1) is 0 Å². The minimum absolute atomic E-state index is 0. The molecule has 0 spiro atoms. The van der Waals surface area contributed by atoms with E-state index in [0.29, 0.717) is 6.04 Å². The first kappa shape index (κ1) is 13.0. The van der Waals surface area contributed by atoms with Gasteiger partial charge < -0.3 is 12.6 Å². The topological polar surface area (TPSA) is 3.24 Å². The maximum atomic E-state index is 5.00. The van der Waals surface area contributed by atoms with E-state index in [2.05, 4.69) is 18.7 Å². The molecular weight excluding hydrogens is 261 g/mol. The minimum atomic E-state index is 0. The van der Waals surface area contributed by atoms with Crippen molar-refractivity contribution in [2.75, 3.05) is 12.3 Å². The standard InChI is InChI=1S/C9H19NS.Pd/c1-8(2)10-6-3-4-9(10)5-7-11;/h8-9,11H,3-7H2,1-2H3;/p-1. The van der Waals surface area contributed by atoms with Crippen LogP contribution in [0.1, 0.15) is 33.1 Å². The van der Waals surface area contributed by atoms with Crippen LogP contribution in [0.25, 0.3) is 0 Å². The van der Waals surface area contributed by atoms with E-state index in [1.54, 1.807) is 0 Å². The Morgan fingerprint density at radius 2 is 2.17 bits per heavy atom. The fraction of sp³-hybridized carbons (Fsp3) is 1.00. The summed E-state index contributed by atoms with van der Waals surface area (Å²) in [6.07, 6.45) is 3.96. The van der Waals surface area contributed by atoms with E-state index in [9.17, 15) is 0 Å². The Labute approximate surface area is 95.3 Å². The first-order valence-corrected chi connectivity index (χ1v) is 5.17. The molecule has 0 aromatic heterocycles. The molecule has 1 aliphatic heterocycles. The Kier molecular flexibility index (Phi) is 6.95. The third kappa shape index (κ3) is 3.38. The van der Waals surface area contributed by atoms with Crippen LogP contribution in [0, 0.1) is 0 Å². The van der Waals surface area contributed by atoms with E-state index in [-0.39, 0.29) is 20.4 Å². The van der Waals surface area contributed by atoms with Gasteiger partial charge in [0.05, 0.1) is 0 Å². The van der Waals surface area contributed by atoms with Crippen LogP contribution in [0.2, 0.25) is 0 Å². The van der Waals surface area contributed by atoms with Gasteiger partial charge in [0.1, 0.15) is 0 Å². The summed E-state index contributed by atoms with van der Waals surface area (Å²) in [5.74, 6) is 0.924. The van der Waals surface area contributed by atoms with Gasteiger partial charge in [-0.1, -0.05) is 6.42 Å². The summed E-state index contributed by atoms with van der Waals surface area (Å²) in [6.45, 7) is 5.85. The maximum Gasteiger partial charge on any atom is 0.00801 e. The molecule has 1 heterocycles. The zero-order chi connectivity index (χ0) is 8.27. The summed E-state index contributed by atoms with van der Waals surface area (Å²) in [4.78, 5) is 2.59. The van der Waals surface area contributed by atoms with E-state index < -0.39 is 0 Å². The summed E-state index contributed by atoms with van der Waals surface area (Å²) in [6, 6.07) is 1.51. The van der Waals surface area contributed by atoms with E-state index in [4.69, 9.17) is 12.6 Å². The molecule has 1 atom stereocenters. The molecule has 0 radical (unpaired) electrons. The molecule has 1 fully saturated rings. The first-order valence-electron chi connectivity index (χ1n) is 4.59. The number of hydrogen-bond acceptors (Lipinski definition) is 2. The molecule has 3 heteroatoms. The Hall–Kier alpha value is 0.972. The Balaban J connectivity index is 0.00000121. The molecule has 0 aromatic rings. The van der Waals surface area contributed by atoms with E-state index in [0.717, 1.165) is 11.8 Å². The molecule has 0 N–H and O–H groups in total. The molecule has 0 amide bonds. The molecule has 0 aliphatic carbocycles. The van der Waals surface area contributed by atoms with Crippen molar-refractivity contribution in [3.8, 4) is 0 Å². The smallest absolute Gasteiger partial charge is 0.00801 e. The number of nitrogens with zero attached hydrogens (tertiary/aromatic N) is 1. The van der Waals surface area contributed by atoms with Crippen LogP contribution in [0.3, 0.4) is 0 Å². The third-order valence-electron chi connectivity index (χ3n) is 2.54. The summed E-state index contributed by atoms with van der Waals surface area (Å²) in [5, 5.41) is 0. The monoisotopic (exact) mass is 278 g/mol. The summed E-state index contributed by atoms with van der Waals surface area (Å²) in [7, 11) is 0. The second kappa shape index (κ2) is 6.43. The summed E-state index contributed by atoms with van der Waals surface area (Å²) in [5.41, 5.74) is 0. The molecule has 0 saturated carbocycles. The predicted octanol–water partition coefficient (Wildman–Crippen LogP) is 1.79. The minimum Gasteiger partial charge on any atom is -0.793 e. The fourth-order valence-electron chi connectivity index (χ4n) is 1.98. The van der Waals surface area contributed by atoms with Crippen molar-refractivity contribution in [2.24, 2.45) is 0 Å². The number of hydrogen-bond donors (Lipinski definition) is 0. The third-order valence-corrected chi connectivity index (χ3v) is 2.77. The van der Waals surface area contributed by atoms with Gasteiger partial charge in [0.2, 0.25) is 0 Å². The molecule has 1 unspecified atom stereocenters. The molecule has 76 valence electrons. The number of rotatable bonds is 3. The Morgan fingerprint density at radius 1 is 1.50 bits per heavy atom. The second-order valence-electron chi connectivity index (χ2n) is 3.62. The van der Waals surface area contributed by atoms with Crippen molar-refractivity contribution in [2.45, 2.75) is 45.2 Å². The van der Waals surface area contributed by atoms with Crippen molar-refractivity contribution in [1.29, 1.82) is 0 Å². The maximum absolute atomic E-state index is 5.00. The molecule has 1 saturated heterocycles. The summed E-state index contributed by atoms with van der Waals surface area (Å²) < 4.78 is 0. The zero-order valence-corrected chi connectivity index (χ0v) is 10.2. The first-order chi connectivity index (χ1) is 5.25. The van der Waals surface area contributed by atoms with Crippen molar-refractivity contribution in [3.63, 3.8) is 0 Å². The average molecular weight is 279 g/mol. The quantitative estimate of drug-likeness (QED) is 0.572. The van der Waals surface area contributed by atoms with Crippen molar-refractivity contribution in [1.82, 2.24) is 4.90 Å². The van der Waals surface area contributed by atoms with Crippen LogP contribution in [0.15, 0.2) is 0 Å². The molecule has 0 bridgehead atoms. The Bertz CT molecular complexity index is 119. The van der Waals surface area contributed by atoms with Crippen LogP contribution < -0.4 is 0 Å². The van der Waals surface area contributed by atoms with Crippen molar-refractivity contribution >= 4 is 12.6 Å². The second-order valence-corrected chi connectivity index (χ2v) is 4.03. The van der Waals surface area contributed by atoms with Gasteiger partial charge in [-0.3, -0.25) is 4.90 Å². The van der Waals surface area contributed by atoms with Crippen LogP contribution in [-0.2, 0) is 33.1 Å². The van der Waals surface area contributed by atoms with E-state index >= 15 is 0 Å². The molecule has 1 rings (SSSR count). The van der Waals surface area contributed by atoms with Gasteiger partial charge >= 0.3 is 0 Å². The van der Waals surface area contributed by atoms with Gasteiger partial charge in [-0.25, -0.2) is 0 Å².